The second kappa shape index (κ2) is 8.08. The fourth-order valence-electron chi connectivity index (χ4n) is 2.90. The first-order valence-electron chi connectivity index (χ1n) is 9.16. The molecule has 0 aliphatic heterocycles. The van der Waals surface area contributed by atoms with Crippen molar-refractivity contribution in [3.05, 3.63) is 60.0 Å². The van der Waals surface area contributed by atoms with Crippen LogP contribution in [0.2, 0.25) is 0 Å². The summed E-state index contributed by atoms with van der Waals surface area (Å²) in [4.78, 5) is 0. The van der Waals surface area contributed by atoms with Crippen molar-refractivity contribution >= 4 is 11.8 Å². The average molecular weight is 407 g/mol. The van der Waals surface area contributed by atoms with Gasteiger partial charge in [-0.05, 0) is 38.1 Å². The van der Waals surface area contributed by atoms with Gasteiger partial charge in [-0.3, -0.25) is 0 Å². The Hall–Kier alpha value is -3.13. The predicted molar refractivity (Wildman–Crippen MR) is 112 cm³/mol. The van der Waals surface area contributed by atoms with Gasteiger partial charge in [0.25, 0.3) is 0 Å². The molecule has 0 amide bonds. The van der Waals surface area contributed by atoms with Gasteiger partial charge in [-0.25, -0.2) is 0 Å². The molecule has 8 heteroatoms. The Morgan fingerprint density at radius 3 is 2.52 bits per heavy atom. The molecular formula is C21H21N5O2S. The van der Waals surface area contributed by atoms with Crippen molar-refractivity contribution in [3.63, 3.8) is 0 Å². The van der Waals surface area contributed by atoms with Gasteiger partial charge in [-0.2, -0.15) is 0 Å². The monoisotopic (exact) mass is 407 g/mol. The summed E-state index contributed by atoms with van der Waals surface area (Å²) in [6.07, 6.45) is 0. The summed E-state index contributed by atoms with van der Waals surface area (Å²) in [5, 5.41) is 17.8. The number of benzene rings is 2. The van der Waals surface area contributed by atoms with E-state index in [9.17, 15) is 0 Å². The predicted octanol–water partition coefficient (Wildman–Crippen LogP) is 4.70. The second-order valence-corrected chi connectivity index (χ2v) is 7.94. The maximum absolute atomic E-state index is 5.89. The van der Waals surface area contributed by atoms with Gasteiger partial charge in [0.05, 0.1) is 17.9 Å². The molecule has 0 aliphatic rings. The molecule has 4 aromatic rings. The molecule has 0 bridgehead atoms. The van der Waals surface area contributed by atoms with Crippen LogP contribution < -0.4 is 4.74 Å². The number of methoxy groups -OCH3 is 1. The van der Waals surface area contributed by atoms with Gasteiger partial charge in [-0.1, -0.05) is 41.6 Å². The van der Waals surface area contributed by atoms with Gasteiger partial charge in [0.15, 0.2) is 11.0 Å². The largest absolute Gasteiger partial charge is 0.496 e. The molecular weight excluding hydrogens is 386 g/mol. The number of aryl methyl sites for hydroxylation is 1. The summed E-state index contributed by atoms with van der Waals surface area (Å²) in [5.41, 5.74) is 2.98. The zero-order valence-electron chi connectivity index (χ0n) is 16.7. The summed E-state index contributed by atoms with van der Waals surface area (Å²) in [6.45, 7) is 4.05. The van der Waals surface area contributed by atoms with Crippen molar-refractivity contribution < 1.29 is 9.15 Å². The number of ether oxygens (including phenoxy) is 1. The average Bonchev–Trinajstić information content (AvgIpc) is 3.36. The summed E-state index contributed by atoms with van der Waals surface area (Å²) >= 11 is 1.52. The van der Waals surface area contributed by atoms with E-state index in [1.807, 2.05) is 74.0 Å². The van der Waals surface area contributed by atoms with Gasteiger partial charge in [0.1, 0.15) is 5.75 Å². The quantitative estimate of drug-likeness (QED) is 0.429. The zero-order chi connectivity index (χ0) is 20.4. The Balaban J connectivity index is 1.54. The fourth-order valence-corrected chi connectivity index (χ4v) is 3.75. The molecule has 148 valence electrons. The molecule has 0 saturated carbocycles. The molecule has 7 nitrogen and oxygen atoms in total. The van der Waals surface area contributed by atoms with Gasteiger partial charge >= 0.3 is 0 Å². The van der Waals surface area contributed by atoms with E-state index in [1.54, 1.807) is 7.11 Å². The minimum absolute atomic E-state index is 0.0740. The van der Waals surface area contributed by atoms with Gasteiger partial charge in [0, 0.05) is 12.6 Å². The minimum atomic E-state index is -0.0740. The molecule has 4 rings (SSSR count). The van der Waals surface area contributed by atoms with E-state index in [4.69, 9.17) is 9.15 Å². The lowest BCUT2D eigenvalue weighted by atomic mass is 10.1. The molecule has 1 atom stereocenters. The lowest BCUT2D eigenvalue weighted by Crippen LogP contribution is -1.98. The number of thioether (sulfide) groups is 1. The number of hydrogen-bond acceptors (Lipinski definition) is 7. The number of para-hydroxylation sites is 1. The van der Waals surface area contributed by atoms with Crippen LogP contribution in [0.1, 0.15) is 23.6 Å². The van der Waals surface area contributed by atoms with E-state index in [-0.39, 0.29) is 5.25 Å². The SMILES string of the molecule is COc1ccccc1-c1nnc(S[C@@H](C)c2nnc(-c3ccc(C)cc3)o2)n1C. The molecule has 0 spiro atoms. The van der Waals surface area contributed by atoms with Crippen LogP contribution in [0.5, 0.6) is 5.75 Å². The van der Waals surface area contributed by atoms with Gasteiger partial charge in [-0.15, -0.1) is 20.4 Å². The maximum atomic E-state index is 5.89. The number of nitrogens with zero attached hydrogens (tertiary/aromatic N) is 5. The van der Waals surface area contributed by atoms with Crippen molar-refractivity contribution in [3.8, 4) is 28.6 Å². The molecule has 0 N–H and O–H groups in total. The number of hydrogen-bond donors (Lipinski definition) is 0. The first kappa shape index (κ1) is 19.2. The fraction of sp³-hybridized carbons (Fsp3) is 0.238. The van der Waals surface area contributed by atoms with Gasteiger partial charge < -0.3 is 13.7 Å². The Bertz CT molecular complexity index is 1120. The highest BCUT2D eigenvalue weighted by Gasteiger charge is 2.21. The van der Waals surface area contributed by atoms with Crippen LogP contribution >= 0.6 is 11.8 Å². The lowest BCUT2D eigenvalue weighted by Gasteiger charge is -2.09. The standard InChI is InChI=1S/C21H21N5O2S/c1-13-9-11-15(12-10-13)20-24-23-19(28-20)14(2)29-21-25-22-18(26(21)3)16-7-5-6-8-17(16)27-4/h5-12,14H,1-4H3/t14-/m0/s1. The third kappa shape index (κ3) is 3.88. The third-order valence-corrected chi connectivity index (χ3v) is 5.67. The summed E-state index contributed by atoms with van der Waals surface area (Å²) in [6, 6.07) is 15.8. The van der Waals surface area contributed by atoms with E-state index in [0.29, 0.717) is 11.8 Å². The normalized spacial score (nSPS) is 12.1. The number of aromatic nitrogens is 5. The molecule has 2 aromatic heterocycles. The van der Waals surface area contributed by atoms with Crippen LogP contribution in [0.4, 0.5) is 0 Å². The van der Waals surface area contributed by atoms with Crippen LogP contribution in [0, 0.1) is 6.92 Å². The van der Waals surface area contributed by atoms with E-state index in [2.05, 4.69) is 20.4 Å². The Morgan fingerprint density at radius 1 is 1.00 bits per heavy atom. The van der Waals surface area contributed by atoms with Gasteiger partial charge in [0.2, 0.25) is 11.8 Å². The highest BCUT2D eigenvalue weighted by molar-refractivity contribution is 7.99. The van der Waals surface area contributed by atoms with Crippen LogP contribution in [0.15, 0.2) is 58.1 Å². The smallest absolute Gasteiger partial charge is 0.247 e. The molecule has 0 radical (unpaired) electrons. The number of rotatable bonds is 6. The molecule has 0 fully saturated rings. The van der Waals surface area contributed by atoms with Crippen LogP contribution in [-0.2, 0) is 7.05 Å². The Morgan fingerprint density at radius 2 is 1.76 bits per heavy atom. The van der Waals surface area contributed by atoms with Crippen LogP contribution in [0.25, 0.3) is 22.8 Å². The summed E-state index contributed by atoms with van der Waals surface area (Å²) < 4.78 is 13.3. The highest BCUT2D eigenvalue weighted by atomic mass is 32.2. The molecule has 2 heterocycles. The first-order valence-corrected chi connectivity index (χ1v) is 10.0. The van der Waals surface area contributed by atoms with E-state index >= 15 is 0 Å². The van der Waals surface area contributed by atoms with Crippen molar-refractivity contribution in [1.29, 1.82) is 0 Å². The topological polar surface area (TPSA) is 78.9 Å². The van der Waals surface area contributed by atoms with E-state index < -0.39 is 0 Å². The molecule has 29 heavy (non-hydrogen) atoms. The third-order valence-electron chi connectivity index (χ3n) is 4.55. The van der Waals surface area contributed by atoms with E-state index in [0.717, 1.165) is 27.9 Å². The van der Waals surface area contributed by atoms with Crippen LogP contribution in [-0.4, -0.2) is 32.1 Å². The molecule has 0 saturated heterocycles. The van der Waals surface area contributed by atoms with Crippen molar-refractivity contribution in [2.75, 3.05) is 7.11 Å². The van der Waals surface area contributed by atoms with E-state index in [1.165, 1.54) is 17.3 Å². The first-order chi connectivity index (χ1) is 14.1. The van der Waals surface area contributed by atoms with Crippen LogP contribution in [0.3, 0.4) is 0 Å². The Kier molecular flexibility index (Phi) is 5.35. The maximum Gasteiger partial charge on any atom is 0.247 e. The van der Waals surface area contributed by atoms with Crippen molar-refractivity contribution in [1.82, 2.24) is 25.0 Å². The highest BCUT2D eigenvalue weighted by Crippen LogP contribution is 2.36. The minimum Gasteiger partial charge on any atom is -0.496 e. The van der Waals surface area contributed by atoms with Crippen molar-refractivity contribution in [2.45, 2.75) is 24.3 Å². The summed E-state index contributed by atoms with van der Waals surface area (Å²) in [7, 11) is 3.58. The van der Waals surface area contributed by atoms with Crippen molar-refractivity contribution in [2.24, 2.45) is 7.05 Å². The Labute approximate surface area is 173 Å². The summed E-state index contributed by atoms with van der Waals surface area (Å²) in [5.74, 6) is 2.56. The second-order valence-electron chi connectivity index (χ2n) is 6.64. The lowest BCUT2D eigenvalue weighted by molar-refractivity contribution is 0.416. The molecule has 0 aliphatic carbocycles. The molecule has 2 aromatic carbocycles. The molecule has 0 unspecified atom stereocenters. The zero-order valence-corrected chi connectivity index (χ0v) is 17.5.